The zero-order chi connectivity index (χ0) is 14.8. The van der Waals surface area contributed by atoms with Crippen molar-refractivity contribution >= 4 is 17.8 Å². The summed E-state index contributed by atoms with van der Waals surface area (Å²) in [7, 11) is 1.45. The normalized spacial score (nSPS) is 22.0. The van der Waals surface area contributed by atoms with E-state index >= 15 is 0 Å². The van der Waals surface area contributed by atoms with E-state index in [9.17, 15) is 4.79 Å². The van der Waals surface area contributed by atoms with Crippen molar-refractivity contribution in [1.29, 1.82) is 0 Å². The van der Waals surface area contributed by atoms with Crippen LogP contribution in [-0.2, 0) is 9.53 Å². The summed E-state index contributed by atoms with van der Waals surface area (Å²) in [4.78, 5) is 26.2. The van der Waals surface area contributed by atoms with E-state index < -0.39 is 6.04 Å². The molecule has 2 heterocycles. The number of anilines is 2. The Bertz CT molecular complexity index is 536. The Morgan fingerprint density at radius 2 is 2.24 bits per heavy atom. The van der Waals surface area contributed by atoms with Crippen LogP contribution in [-0.4, -0.2) is 59.8 Å². The van der Waals surface area contributed by atoms with Gasteiger partial charge in [0.2, 0.25) is 17.8 Å². The molecule has 1 unspecified atom stereocenters. The van der Waals surface area contributed by atoms with Crippen LogP contribution in [0.4, 0.5) is 11.9 Å². The van der Waals surface area contributed by atoms with Crippen molar-refractivity contribution in [2.24, 2.45) is 0 Å². The highest BCUT2D eigenvalue weighted by atomic mass is 16.5. The van der Waals surface area contributed by atoms with Crippen LogP contribution < -0.4 is 20.7 Å². The first-order chi connectivity index (χ1) is 10.2. The lowest BCUT2D eigenvalue weighted by atomic mass is 10.2. The topological polar surface area (TPSA) is 115 Å². The van der Waals surface area contributed by atoms with E-state index in [0.717, 1.165) is 12.8 Å². The van der Waals surface area contributed by atoms with Gasteiger partial charge in [-0.15, -0.1) is 0 Å². The van der Waals surface area contributed by atoms with Gasteiger partial charge in [-0.1, -0.05) is 0 Å². The average Bonchev–Trinajstić information content (AvgIpc) is 3.30. The minimum absolute atomic E-state index is 0.0599. The van der Waals surface area contributed by atoms with Crippen LogP contribution in [0.1, 0.15) is 12.8 Å². The van der Waals surface area contributed by atoms with E-state index in [1.165, 1.54) is 7.11 Å². The number of nitrogens with two attached hydrogens (primary N) is 1. The van der Waals surface area contributed by atoms with E-state index in [-0.39, 0.29) is 17.9 Å². The first-order valence-corrected chi connectivity index (χ1v) is 6.87. The number of nitrogen functional groups attached to an aromatic ring is 1. The summed E-state index contributed by atoms with van der Waals surface area (Å²) in [6.07, 6.45) is 2.07. The molecule has 1 aliphatic carbocycles. The largest absolute Gasteiger partial charge is 0.467 e. The summed E-state index contributed by atoms with van der Waals surface area (Å²) in [6, 6.07) is -0.0459. The van der Waals surface area contributed by atoms with Crippen LogP contribution in [0.15, 0.2) is 0 Å². The molecule has 0 aromatic carbocycles. The standard InChI is InChI=1S/C12H18N6O3/c1-20-12-16-10(13)15-11(17-12)18-4-5-21-6-8(18)9(19)14-7-2-3-7/h7-8H,2-6H2,1H3,(H,14,19)(H2,13,15,16,17). The van der Waals surface area contributed by atoms with Gasteiger partial charge in [0, 0.05) is 12.6 Å². The number of carbonyl (C=O) groups excluding carboxylic acids is 1. The fourth-order valence-corrected chi connectivity index (χ4v) is 2.17. The molecular formula is C12H18N6O3. The molecule has 21 heavy (non-hydrogen) atoms. The SMILES string of the molecule is COc1nc(N)nc(N2CCOCC2C(=O)NC2CC2)n1. The monoisotopic (exact) mass is 294 g/mol. The number of nitrogens with one attached hydrogen (secondary N) is 1. The Balaban J connectivity index is 1.82. The molecule has 3 rings (SSSR count). The van der Waals surface area contributed by atoms with Gasteiger partial charge in [-0.3, -0.25) is 4.79 Å². The summed E-state index contributed by atoms with van der Waals surface area (Å²) in [5, 5.41) is 2.97. The van der Waals surface area contributed by atoms with Crippen LogP contribution in [0.3, 0.4) is 0 Å². The number of aromatic nitrogens is 3. The third kappa shape index (κ3) is 3.13. The second-order valence-corrected chi connectivity index (χ2v) is 5.05. The quantitative estimate of drug-likeness (QED) is 0.722. The maximum absolute atomic E-state index is 12.3. The molecule has 1 saturated carbocycles. The smallest absolute Gasteiger partial charge is 0.322 e. The Labute approximate surface area is 121 Å². The summed E-state index contributed by atoms with van der Waals surface area (Å²) in [5.74, 6) is 0.318. The number of hydrogen-bond donors (Lipinski definition) is 2. The van der Waals surface area contributed by atoms with E-state index in [4.69, 9.17) is 15.2 Å². The van der Waals surface area contributed by atoms with Crippen LogP contribution in [0, 0.1) is 0 Å². The molecule has 9 nitrogen and oxygen atoms in total. The molecule has 1 saturated heterocycles. The third-order valence-electron chi connectivity index (χ3n) is 3.41. The number of rotatable bonds is 4. The second kappa shape index (κ2) is 5.68. The third-order valence-corrected chi connectivity index (χ3v) is 3.41. The summed E-state index contributed by atoms with van der Waals surface area (Å²) in [6.45, 7) is 1.31. The van der Waals surface area contributed by atoms with Crippen molar-refractivity contribution in [2.45, 2.75) is 24.9 Å². The van der Waals surface area contributed by atoms with Crippen LogP contribution in [0.25, 0.3) is 0 Å². The van der Waals surface area contributed by atoms with Gasteiger partial charge < -0.3 is 25.4 Å². The summed E-state index contributed by atoms with van der Waals surface area (Å²) < 4.78 is 10.4. The maximum Gasteiger partial charge on any atom is 0.322 e. The molecule has 2 aliphatic rings. The molecule has 114 valence electrons. The number of hydrogen-bond acceptors (Lipinski definition) is 8. The van der Waals surface area contributed by atoms with Crippen LogP contribution >= 0.6 is 0 Å². The van der Waals surface area contributed by atoms with Gasteiger partial charge in [0.05, 0.1) is 20.3 Å². The number of ether oxygens (including phenoxy) is 2. The Hall–Kier alpha value is -2.16. The van der Waals surface area contributed by atoms with Crippen LogP contribution in [0.5, 0.6) is 6.01 Å². The summed E-state index contributed by atoms with van der Waals surface area (Å²) in [5.41, 5.74) is 5.65. The van der Waals surface area contributed by atoms with Gasteiger partial charge >= 0.3 is 6.01 Å². The Morgan fingerprint density at radius 3 is 2.95 bits per heavy atom. The lowest BCUT2D eigenvalue weighted by Crippen LogP contribution is -2.55. The van der Waals surface area contributed by atoms with Gasteiger partial charge in [-0.2, -0.15) is 15.0 Å². The molecule has 1 aromatic heterocycles. The highest BCUT2D eigenvalue weighted by Gasteiger charge is 2.34. The molecule has 1 aromatic rings. The predicted molar refractivity (Wildman–Crippen MR) is 73.9 cm³/mol. The molecule has 9 heteroatoms. The fourth-order valence-electron chi connectivity index (χ4n) is 2.17. The molecule has 0 radical (unpaired) electrons. The lowest BCUT2D eigenvalue weighted by molar-refractivity contribution is -0.124. The number of morpholine rings is 1. The predicted octanol–water partition coefficient (Wildman–Crippen LogP) is -1.05. The van der Waals surface area contributed by atoms with Gasteiger partial charge in [-0.25, -0.2) is 0 Å². The molecule has 2 fully saturated rings. The number of methoxy groups -OCH3 is 1. The van der Waals surface area contributed by atoms with Gasteiger partial charge in [0.15, 0.2) is 0 Å². The maximum atomic E-state index is 12.3. The van der Waals surface area contributed by atoms with Crippen molar-refractivity contribution in [1.82, 2.24) is 20.3 Å². The minimum Gasteiger partial charge on any atom is -0.467 e. The van der Waals surface area contributed by atoms with E-state index in [1.807, 2.05) is 0 Å². The van der Waals surface area contributed by atoms with Crippen LogP contribution in [0.2, 0.25) is 0 Å². The van der Waals surface area contributed by atoms with Crippen molar-refractivity contribution in [3.8, 4) is 6.01 Å². The van der Waals surface area contributed by atoms with E-state index in [1.54, 1.807) is 4.90 Å². The molecular weight excluding hydrogens is 276 g/mol. The molecule has 1 aliphatic heterocycles. The van der Waals surface area contributed by atoms with Crippen molar-refractivity contribution in [3.05, 3.63) is 0 Å². The van der Waals surface area contributed by atoms with E-state index in [0.29, 0.717) is 31.7 Å². The van der Waals surface area contributed by atoms with Crippen molar-refractivity contribution in [2.75, 3.05) is 37.5 Å². The molecule has 1 amide bonds. The van der Waals surface area contributed by atoms with Gasteiger partial charge in [0.25, 0.3) is 0 Å². The second-order valence-electron chi connectivity index (χ2n) is 5.05. The molecule has 0 bridgehead atoms. The molecule has 1 atom stereocenters. The van der Waals surface area contributed by atoms with Crippen molar-refractivity contribution < 1.29 is 14.3 Å². The first kappa shape index (κ1) is 13.8. The van der Waals surface area contributed by atoms with E-state index in [2.05, 4.69) is 20.3 Å². The molecule has 3 N–H and O–H groups in total. The average molecular weight is 294 g/mol. The Morgan fingerprint density at radius 1 is 1.43 bits per heavy atom. The highest BCUT2D eigenvalue weighted by molar-refractivity contribution is 5.85. The molecule has 0 spiro atoms. The minimum atomic E-state index is -0.467. The zero-order valence-corrected chi connectivity index (χ0v) is 11.8. The number of carbonyl (C=O) groups is 1. The number of amides is 1. The lowest BCUT2D eigenvalue weighted by Gasteiger charge is -2.34. The summed E-state index contributed by atoms with van der Waals surface area (Å²) >= 11 is 0. The Kier molecular flexibility index (Phi) is 3.74. The number of nitrogens with zero attached hydrogens (tertiary/aromatic N) is 4. The zero-order valence-electron chi connectivity index (χ0n) is 11.8. The van der Waals surface area contributed by atoms with Gasteiger partial charge in [0.1, 0.15) is 6.04 Å². The highest BCUT2D eigenvalue weighted by Crippen LogP contribution is 2.22. The fraction of sp³-hybridized carbons (Fsp3) is 0.667. The van der Waals surface area contributed by atoms with Gasteiger partial charge in [-0.05, 0) is 12.8 Å². The first-order valence-electron chi connectivity index (χ1n) is 6.87. The van der Waals surface area contributed by atoms with Crippen molar-refractivity contribution in [3.63, 3.8) is 0 Å².